The number of hydrogen-bond donors (Lipinski definition) is 2. The molecule has 0 spiro atoms. The van der Waals surface area contributed by atoms with Gasteiger partial charge in [0.1, 0.15) is 12.7 Å². The zero-order valence-corrected chi connectivity index (χ0v) is 19.2. The maximum Gasteiger partial charge on any atom is 0.196 e. The maximum absolute atomic E-state index is 13.3. The van der Waals surface area contributed by atoms with Crippen LogP contribution in [0.3, 0.4) is 0 Å². The largest absolute Gasteiger partial charge is 0.389 e. The molecule has 6 heteroatoms. The van der Waals surface area contributed by atoms with Crippen molar-refractivity contribution >= 4 is 11.6 Å². The minimum atomic E-state index is -1.27. The molecule has 6 aliphatic rings. The molecular weight excluding hydrogens is 420 g/mol. The lowest BCUT2D eigenvalue weighted by atomic mass is 9.52. The van der Waals surface area contributed by atoms with Gasteiger partial charge in [-0.25, -0.2) is 0 Å². The van der Waals surface area contributed by atoms with Crippen LogP contribution in [0.1, 0.15) is 58.3 Å². The molecule has 0 radical (unpaired) electrons. The molecule has 6 nitrogen and oxygen atoms in total. The third-order valence-corrected chi connectivity index (χ3v) is 9.68. The van der Waals surface area contributed by atoms with E-state index in [-0.39, 0.29) is 40.7 Å². The van der Waals surface area contributed by atoms with E-state index in [0.717, 1.165) is 49.7 Å². The summed E-state index contributed by atoms with van der Waals surface area (Å²) in [5.74, 6) is 0.103. The molecular formula is C27H34O6. The first-order valence-electron chi connectivity index (χ1n) is 12.7. The molecule has 1 aliphatic heterocycles. The smallest absolute Gasteiger partial charge is 0.196 e. The Bertz CT molecular complexity index is 958. The summed E-state index contributed by atoms with van der Waals surface area (Å²) in [6, 6.07) is 0. The van der Waals surface area contributed by atoms with Crippen LogP contribution in [0.25, 0.3) is 0 Å². The van der Waals surface area contributed by atoms with Crippen molar-refractivity contribution < 1.29 is 29.3 Å². The van der Waals surface area contributed by atoms with E-state index in [1.54, 1.807) is 12.2 Å². The van der Waals surface area contributed by atoms with Crippen molar-refractivity contribution in [1.29, 1.82) is 0 Å². The van der Waals surface area contributed by atoms with Gasteiger partial charge in [-0.3, -0.25) is 9.59 Å². The van der Waals surface area contributed by atoms with Gasteiger partial charge in [0.25, 0.3) is 0 Å². The van der Waals surface area contributed by atoms with Crippen LogP contribution in [-0.4, -0.2) is 52.5 Å². The molecule has 1 heterocycles. The van der Waals surface area contributed by atoms with Crippen molar-refractivity contribution in [2.75, 3.05) is 6.61 Å². The van der Waals surface area contributed by atoms with Crippen LogP contribution in [0, 0.1) is 29.1 Å². The predicted molar refractivity (Wildman–Crippen MR) is 120 cm³/mol. The average Bonchev–Trinajstić information content (AvgIpc) is 3.34. The Kier molecular flexibility index (Phi) is 5.11. The lowest BCUT2D eigenvalue weighted by Crippen LogP contribution is -2.53. The Hall–Kier alpha value is -1.60. The summed E-state index contributed by atoms with van der Waals surface area (Å²) in [5.41, 5.74) is 0.265. The quantitative estimate of drug-likeness (QED) is 0.637. The Labute approximate surface area is 194 Å². The van der Waals surface area contributed by atoms with Crippen molar-refractivity contribution in [3.05, 3.63) is 35.5 Å². The molecule has 0 aromatic heterocycles. The van der Waals surface area contributed by atoms with E-state index in [4.69, 9.17) is 9.47 Å². The number of rotatable bonds is 3. The van der Waals surface area contributed by atoms with Gasteiger partial charge in [-0.05, 0) is 61.7 Å². The van der Waals surface area contributed by atoms with E-state index in [2.05, 4.69) is 6.92 Å². The minimum Gasteiger partial charge on any atom is -0.389 e. The lowest BCUT2D eigenvalue weighted by Gasteiger charge is -2.53. The van der Waals surface area contributed by atoms with E-state index in [9.17, 15) is 19.8 Å². The van der Waals surface area contributed by atoms with Crippen molar-refractivity contribution in [2.24, 2.45) is 29.1 Å². The summed E-state index contributed by atoms with van der Waals surface area (Å²) in [5, 5.41) is 21.4. The molecule has 8 unspecified atom stereocenters. The van der Waals surface area contributed by atoms with E-state index in [0.29, 0.717) is 6.42 Å². The molecule has 0 aromatic rings. The van der Waals surface area contributed by atoms with E-state index < -0.39 is 30.7 Å². The number of hydrogen-bond acceptors (Lipinski definition) is 6. The van der Waals surface area contributed by atoms with Gasteiger partial charge in [0, 0.05) is 17.3 Å². The summed E-state index contributed by atoms with van der Waals surface area (Å²) in [7, 11) is 0. The molecule has 1 saturated heterocycles. The summed E-state index contributed by atoms with van der Waals surface area (Å²) in [6.45, 7) is 1.53. The topological polar surface area (TPSA) is 93.1 Å². The number of aliphatic hydroxyl groups is 2. The molecule has 8 atom stereocenters. The summed E-state index contributed by atoms with van der Waals surface area (Å²) in [4.78, 5) is 25.3. The van der Waals surface area contributed by atoms with Gasteiger partial charge < -0.3 is 19.7 Å². The highest BCUT2D eigenvalue weighted by Gasteiger charge is 2.67. The van der Waals surface area contributed by atoms with Gasteiger partial charge in [0.05, 0.1) is 6.10 Å². The second-order valence-electron chi connectivity index (χ2n) is 11.2. The van der Waals surface area contributed by atoms with Gasteiger partial charge in [-0.1, -0.05) is 43.9 Å². The summed E-state index contributed by atoms with van der Waals surface area (Å²) in [6.07, 6.45) is 13.5. The maximum atomic E-state index is 13.3. The third kappa shape index (κ3) is 3.00. The van der Waals surface area contributed by atoms with E-state index in [1.165, 1.54) is 6.42 Å². The fourth-order valence-electron chi connectivity index (χ4n) is 8.14. The van der Waals surface area contributed by atoms with Crippen LogP contribution >= 0.6 is 0 Å². The number of fused-ring (bicyclic) bond motifs is 7. The Balaban J connectivity index is 1.37. The zero-order chi connectivity index (χ0) is 23.0. The first-order chi connectivity index (χ1) is 15.9. The second kappa shape index (κ2) is 7.70. The molecule has 0 bridgehead atoms. The average molecular weight is 455 g/mol. The molecule has 5 aliphatic carbocycles. The molecule has 178 valence electrons. The number of ether oxygens (including phenoxy) is 2. The van der Waals surface area contributed by atoms with Crippen molar-refractivity contribution in [3.8, 4) is 0 Å². The molecule has 6 rings (SSSR count). The SMILES string of the molecule is CC12C=CC(=O)C=C1CCC1C3CC4OC(C5CCCCC5)OC4(C(=O)CO)C3=CC(O)C12. The number of Topliss-reactive ketones (excluding diaryl/α,β-unsaturated/α-hetero) is 1. The highest BCUT2D eigenvalue weighted by molar-refractivity contribution is 6.01. The number of allylic oxidation sites excluding steroid dienone is 4. The Morgan fingerprint density at radius 2 is 2.00 bits per heavy atom. The number of aliphatic hydroxyl groups excluding tert-OH is 2. The van der Waals surface area contributed by atoms with E-state index in [1.807, 2.05) is 12.2 Å². The normalized spacial score (nSPS) is 46.7. The highest BCUT2D eigenvalue weighted by Crippen LogP contribution is 2.63. The fraction of sp³-hybridized carbons (Fsp3) is 0.704. The van der Waals surface area contributed by atoms with Gasteiger partial charge >= 0.3 is 0 Å². The minimum absolute atomic E-state index is 0.0147. The van der Waals surface area contributed by atoms with Crippen molar-refractivity contribution in [2.45, 2.75) is 82.4 Å². The highest BCUT2D eigenvalue weighted by atomic mass is 16.7. The zero-order valence-electron chi connectivity index (χ0n) is 19.2. The van der Waals surface area contributed by atoms with Crippen LogP contribution < -0.4 is 0 Å². The van der Waals surface area contributed by atoms with Crippen LogP contribution in [0.5, 0.6) is 0 Å². The summed E-state index contributed by atoms with van der Waals surface area (Å²) < 4.78 is 13.0. The third-order valence-electron chi connectivity index (χ3n) is 9.68. The van der Waals surface area contributed by atoms with Crippen molar-refractivity contribution in [1.82, 2.24) is 0 Å². The standard InChI is InChI=1S/C27H34O6/c1-26-10-9-17(29)11-16(26)7-8-18-19-12-23-27(22(31)14-28,20(19)13-21(30)24(18)26)33-25(32-23)15-5-3-2-4-6-15/h9-11,13,15,18-19,21,23-25,28,30H,2-8,12,14H2,1H3. The van der Waals surface area contributed by atoms with E-state index >= 15 is 0 Å². The fourth-order valence-corrected chi connectivity index (χ4v) is 8.14. The van der Waals surface area contributed by atoms with Gasteiger partial charge in [-0.15, -0.1) is 0 Å². The van der Waals surface area contributed by atoms with Crippen LogP contribution in [0.2, 0.25) is 0 Å². The summed E-state index contributed by atoms with van der Waals surface area (Å²) >= 11 is 0. The number of carbonyl (C=O) groups is 2. The van der Waals surface area contributed by atoms with Gasteiger partial charge in [0.2, 0.25) is 0 Å². The molecule has 0 amide bonds. The molecule has 2 N–H and O–H groups in total. The van der Waals surface area contributed by atoms with Crippen LogP contribution in [-0.2, 0) is 19.1 Å². The Morgan fingerprint density at radius 3 is 2.76 bits per heavy atom. The van der Waals surface area contributed by atoms with Gasteiger partial charge in [0.15, 0.2) is 23.5 Å². The monoisotopic (exact) mass is 454 g/mol. The lowest BCUT2D eigenvalue weighted by molar-refractivity contribution is -0.154. The first kappa shape index (κ1) is 21.9. The van der Waals surface area contributed by atoms with Crippen LogP contribution in [0.15, 0.2) is 35.5 Å². The van der Waals surface area contributed by atoms with Gasteiger partial charge in [-0.2, -0.15) is 0 Å². The molecule has 0 aromatic carbocycles. The molecule has 4 fully saturated rings. The predicted octanol–water partition coefficient (Wildman–Crippen LogP) is 3.03. The molecule has 3 saturated carbocycles. The second-order valence-corrected chi connectivity index (χ2v) is 11.2. The number of carbonyl (C=O) groups excluding carboxylic acids is 2. The Morgan fingerprint density at radius 1 is 1.21 bits per heavy atom. The molecule has 33 heavy (non-hydrogen) atoms. The van der Waals surface area contributed by atoms with Crippen molar-refractivity contribution in [3.63, 3.8) is 0 Å². The number of ketones is 2. The first-order valence-corrected chi connectivity index (χ1v) is 12.7. The van der Waals surface area contributed by atoms with Crippen LogP contribution in [0.4, 0.5) is 0 Å².